The van der Waals surface area contributed by atoms with Gasteiger partial charge in [-0.25, -0.2) is 4.98 Å². The second-order valence-electron chi connectivity index (χ2n) is 3.42. The third-order valence-corrected chi connectivity index (χ3v) is 2.44. The molecule has 1 aromatic rings. The Bertz CT molecular complexity index is 480. The number of thiocarbonyl (C=S) groups is 1. The molecule has 0 fully saturated rings. The summed E-state index contributed by atoms with van der Waals surface area (Å²) in [5.74, 6) is -0.167. The van der Waals surface area contributed by atoms with E-state index in [-0.39, 0.29) is 11.6 Å². The summed E-state index contributed by atoms with van der Waals surface area (Å²) in [5, 5.41) is 4.62. The van der Waals surface area contributed by atoms with Crippen LogP contribution >= 0.6 is 12.2 Å². The lowest BCUT2D eigenvalue weighted by molar-refractivity contribution is 0.0880. The molecule has 1 rings (SSSR count). The second-order valence-corrected chi connectivity index (χ2v) is 3.81. The quantitative estimate of drug-likeness (QED) is 0.461. The minimum atomic E-state index is -0.434. The first-order valence-electron chi connectivity index (χ1n) is 5.38. The topological polar surface area (TPSA) is 79.4 Å². The van der Waals surface area contributed by atoms with E-state index < -0.39 is 5.91 Å². The van der Waals surface area contributed by atoms with Crippen molar-refractivity contribution >= 4 is 23.2 Å². The van der Waals surface area contributed by atoms with Crippen molar-refractivity contribution in [2.75, 3.05) is 20.7 Å². The van der Waals surface area contributed by atoms with Crippen LogP contribution in [0.4, 0.5) is 0 Å². The van der Waals surface area contributed by atoms with Gasteiger partial charge in [0.25, 0.3) is 5.91 Å². The monoisotopic (exact) mass is 281 g/mol. The summed E-state index contributed by atoms with van der Waals surface area (Å²) in [5.41, 5.74) is 2.69. The van der Waals surface area contributed by atoms with Crippen molar-refractivity contribution in [2.45, 2.75) is 0 Å². The van der Waals surface area contributed by atoms with Gasteiger partial charge in [-0.2, -0.15) is 0 Å². The highest BCUT2D eigenvalue weighted by Gasteiger charge is 2.12. The average molecular weight is 281 g/mol. The molecule has 0 aliphatic heterocycles. The zero-order valence-electron chi connectivity index (χ0n) is 10.7. The minimum Gasteiger partial charge on any atom is -0.480 e. The van der Waals surface area contributed by atoms with Crippen molar-refractivity contribution in [3.05, 3.63) is 30.7 Å². The molecule has 1 aromatic heterocycles. The molecule has 0 radical (unpaired) electrons. The van der Waals surface area contributed by atoms with Crippen molar-refractivity contribution in [2.24, 2.45) is 0 Å². The Hall–Kier alpha value is -2.22. The molecule has 0 aromatic carbocycles. The Morgan fingerprint density at radius 1 is 1.63 bits per heavy atom. The highest BCUT2D eigenvalue weighted by Crippen LogP contribution is 2.03. The van der Waals surface area contributed by atoms with E-state index in [1.165, 1.54) is 24.5 Å². The second kappa shape index (κ2) is 7.27. The molecule has 0 saturated heterocycles. The molecule has 2 N–H and O–H groups in total. The number of hydrazine groups is 1. The molecule has 1 amide bonds. The molecule has 8 heteroatoms. The third-order valence-electron chi connectivity index (χ3n) is 2.03. The van der Waals surface area contributed by atoms with Crippen LogP contribution in [-0.4, -0.2) is 46.7 Å². The largest absolute Gasteiger partial charge is 0.480 e. The first-order valence-corrected chi connectivity index (χ1v) is 5.78. The van der Waals surface area contributed by atoms with Gasteiger partial charge in [0.2, 0.25) is 5.88 Å². The number of aromatic nitrogens is 2. The van der Waals surface area contributed by atoms with E-state index in [9.17, 15) is 4.79 Å². The number of hydrogen-bond acceptors (Lipinski definition) is 5. The van der Waals surface area contributed by atoms with Crippen LogP contribution in [0, 0.1) is 0 Å². The summed E-state index contributed by atoms with van der Waals surface area (Å²) in [6.07, 6.45) is 4.41. The fourth-order valence-corrected chi connectivity index (χ4v) is 1.22. The van der Waals surface area contributed by atoms with Gasteiger partial charge in [-0.15, -0.1) is 6.58 Å². The van der Waals surface area contributed by atoms with Crippen LogP contribution in [-0.2, 0) is 0 Å². The van der Waals surface area contributed by atoms with Gasteiger partial charge in [-0.05, 0) is 12.2 Å². The molecule has 0 saturated carbocycles. The first kappa shape index (κ1) is 14.8. The molecule has 19 heavy (non-hydrogen) atoms. The van der Waals surface area contributed by atoms with Crippen molar-refractivity contribution < 1.29 is 9.53 Å². The van der Waals surface area contributed by atoms with Gasteiger partial charge in [0.05, 0.1) is 19.5 Å². The average Bonchev–Trinajstić information content (AvgIpc) is 2.44. The van der Waals surface area contributed by atoms with Crippen LogP contribution in [0.3, 0.4) is 0 Å². The van der Waals surface area contributed by atoms with E-state index in [0.29, 0.717) is 11.7 Å². The van der Waals surface area contributed by atoms with E-state index in [1.807, 2.05) is 0 Å². The zero-order valence-corrected chi connectivity index (χ0v) is 11.5. The number of carbonyl (C=O) groups excluding carboxylic acids is 1. The van der Waals surface area contributed by atoms with Crippen LogP contribution in [0.1, 0.15) is 10.5 Å². The number of nitrogens with zero attached hydrogens (tertiary/aromatic N) is 3. The Labute approximate surface area is 116 Å². The summed E-state index contributed by atoms with van der Waals surface area (Å²) in [6, 6.07) is 0. The number of carbonyl (C=O) groups is 1. The Morgan fingerprint density at radius 3 is 3.00 bits per heavy atom. The minimum absolute atomic E-state index is 0.137. The van der Waals surface area contributed by atoms with Crippen molar-refractivity contribution in [3.63, 3.8) is 0 Å². The molecule has 0 bridgehead atoms. The SMILES string of the molecule is C=CCNC(=S)N(C)NC(=O)c1cncc(OC)n1. The number of hydrogen-bond donors (Lipinski definition) is 2. The third kappa shape index (κ3) is 4.51. The van der Waals surface area contributed by atoms with Gasteiger partial charge < -0.3 is 10.1 Å². The number of methoxy groups -OCH3 is 1. The van der Waals surface area contributed by atoms with E-state index >= 15 is 0 Å². The molecule has 0 unspecified atom stereocenters. The van der Waals surface area contributed by atoms with Crippen LogP contribution in [0.2, 0.25) is 0 Å². The molecule has 0 aliphatic rings. The normalized spacial score (nSPS) is 9.37. The number of nitrogens with one attached hydrogen (secondary N) is 2. The van der Waals surface area contributed by atoms with Crippen LogP contribution in [0.15, 0.2) is 25.0 Å². The molecule has 0 aliphatic carbocycles. The summed E-state index contributed by atoms with van der Waals surface area (Å²) >= 11 is 5.05. The van der Waals surface area contributed by atoms with Gasteiger partial charge in [0.1, 0.15) is 0 Å². The zero-order chi connectivity index (χ0) is 14.3. The lowest BCUT2D eigenvalue weighted by atomic mass is 10.4. The predicted molar refractivity (Wildman–Crippen MR) is 74.6 cm³/mol. The lowest BCUT2D eigenvalue weighted by Crippen LogP contribution is -2.48. The molecular formula is C11H15N5O2S. The smallest absolute Gasteiger partial charge is 0.290 e. The van der Waals surface area contributed by atoms with Gasteiger partial charge in [-0.1, -0.05) is 6.08 Å². The molecule has 0 atom stereocenters. The Kier molecular flexibility index (Phi) is 5.68. The van der Waals surface area contributed by atoms with Gasteiger partial charge in [0, 0.05) is 13.6 Å². The molecular weight excluding hydrogens is 266 g/mol. The van der Waals surface area contributed by atoms with E-state index in [1.54, 1.807) is 13.1 Å². The summed E-state index contributed by atoms with van der Waals surface area (Å²) in [4.78, 5) is 19.7. The lowest BCUT2D eigenvalue weighted by Gasteiger charge is -2.20. The van der Waals surface area contributed by atoms with Crippen molar-refractivity contribution in [3.8, 4) is 5.88 Å². The maximum atomic E-state index is 11.9. The molecule has 7 nitrogen and oxygen atoms in total. The van der Waals surface area contributed by atoms with Crippen LogP contribution in [0.5, 0.6) is 5.88 Å². The summed E-state index contributed by atoms with van der Waals surface area (Å²) < 4.78 is 4.89. The van der Waals surface area contributed by atoms with Gasteiger partial charge in [0.15, 0.2) is 10.8 Å². The number of amides is 1. The molecule has 102 valence electrons. The fraction of sp³-hybridized carbons (Fsp3) is 0.273. The van der Waals surface area contributed by atoms with E-state index in [0.717, 1.165) is 0 Å². The fourth-order valence-electron chi connectivity index (χ4n) is 1.09. The van der Waals surface area contributed by atoms with Crippen LogP contribution in [0.25, 0.3) is 0 Å². The summed E-state index contributed by atoms with van der Waals surface area (Å²) in [6.45, 7) is 4.07. The first-order chi connectivity index (χ1) is 9.08. The maximum Gasteiger partial charge on any atom is 0.290 e. The highest BCUT2D eigenvalue weighted by atomic mass is 32.1. The van der Waals surface area contributed by atoms with E-state index in [4.69, 9.17) is 17.0 Å². The van der Waals surface area contributed by atoms with E-state index in [2.05, 4.69) is 27.3 Å². The molecule has 1 heterocycles. The summed E-state index contributed by atoms with van der Waals surface area (Å²) in [7, 11) is 3.07. The Balaban J connectivity index is 2.63. The number of ether oxygens (including phenoxy) is 1. The van der Waals surface area contributed by atoms with Crippen LogP contribution < -0.4 is 15.5 Å². The van der Waals surface area contributed by atoms with Gasteiger partial charge in [-0.3, -0.25) is 20.2 Å². The highest BCUT2D eigenvalue weighted by molar-refractivity contribution is 7.80. The number of rotatable bonds is 4. The standard InChI is InChI=1S/C11H15N5O2S/c1-4-5-13-11(19)16(2)15-10(17)8-6-12-7-9(14-8)18-3/h4,6-7H,1,5H2,2-3H3,(H,13,19)(H,15,17). The van der Waals surface area contributed by atoms with Crippen molar-refractivity contribution in [1.82, 2.24) is 25.7 Å². The Morgan fingerprint density at radius 2 is 2.37 bits per heavy atom. The van der Waals surface area contributed by atoms with Crippen molar-refractivity contribution in [1.29, 1.82) is 0 Å². The molecule has 0 spiro atoms. The van der Waals surface area contributed by atoms with Gasteiger partial charge >= 0.3 is 0 Å². The maximum absolute atomic E-state index is 11.9. The predicted octanol–water partition coefficient (Wildman–Crippen LogP) is 0.122.